The molecular formula is C21H23ClN4O3S2. The van der Waals surface area contributed by atoms with E-state index < -0.39 is 10.0 Å². The van der Waals surface area contributed by atoms with Gasteiger partial charge in [0.2, 0.25) is 5.91 Å². The number of anilines is 2. The lowest BCUT2D eigenvalue weighted by Crippen LogP contribution is -2.39. The summed E-state index contributed by atoms with van der Waals surface area (Å²) < 4.78 is 27.4. The molecule has 164 valence electrons. The Labute approximate surface area is 191 Å². The van der Waals surface area contributed by atoms with E-state index >= 15 is 0 Å². The van der Waals surface area contributed by atoms with Gasteiger partial charge in [-0.2, -0.15) is 0 Å². The van der Waals surface area contributed by atoms with Crippen molar-refractivity contribution in [3.05, 3.63) is 70.7 Å². The summed E-state index contributed by atoms with van der Waals surface area (Å²) in [5.74, 6) is -0.00683. The molecule has 0 spiro atoms. The predicted molar refractivity (Wildman–Crippen MR) is 125 cm³/mol. The molecule has 0 aliphatic carbocycles. The summed E-state index contributed by atoms with van der Waals surface area (Å²) in [6.07, 6.45) is 3.04. The molecule has 0 radical (unpaired) electrons. The molecule has 2 aromatic carbocycles. The SMILES string of the molecule is O=C1[C@@H](NCCc2ccc(Cl)cc2)CCN1c1ccc(S(=O)(=O)Nc2nccs2)cc1.[HH]. The van der Waals surface area contributed by atoms with Crippen molar-refractivity contribution in [3.63, 3.8) is 0 Å². The van der Waals surface area contributed by atoms with E-state index in [9.17, 15) is 13.2 Å². The molecule has 4 rings (SSSR count). The topological polar surface area (TPSA) is 91.4 Å². The first-order valence-corrected chi connectivity index (χ1v) is 12.5. The molecule has 2 N–H and O–H groups in total. The zero-order chi connectivity index (χ0) is 21.8. The van der Waals surface area contributed by atoms with Crippen LogP contribution < -0.4 is 14.9 Å². The van der Waals surface area contributed by atoms with E-state index in [0.29, 0.717) is 35.4 Å². The van der Waals surface area contributed by atoms with E-state index in [1.165, 1.54) is 29.7 Å². The summed E-state index contributed by atoms with van der Waals surface area (Å²) in [7, 11) is -3.72. The minimum Gasteiger partial charge on any atom is -0.311 e. The van der Waals surface area contributed by atoms with Gasteiger partial charge in [0.05, 0.1) is 10.9 Å². The smallest absolute Gasteiger partial charge is 0.263 e. The number of halogens is 1. The molecule has 7 nitrogen and oxygen atoms in total. The van der Waals surface area contributed by atoms with Crippen LogP contribution in [0.2, 0.25) is 5.02 Å². The Kier molecular flexibility index (Phi) is 6.57. The maximum atomic E-state index is 12.8. The van der Waals surface area contributed by atoms with Crippen LogP contribution in [0.15, 0.2) is 65.0 Å². The fourth-order valence-corrected chi connectivity index (χ4v) is 5.34. The molecule has 2 heterocycles. The number of hydrogen-bond donors (Lipinski definition) is 2. The highest BCUT2D eigenvalue weighted by molar-refractivity contribution is 7.93. The molecule has 0 unspecified atom stereocenters. The monoisotopic (exact) mass is 478 g/mol. The van der Waals surface area contributed by atoms with Crippen molar-refractivity contribution in [2.24, 2.45) is 0 Å². The number of nitrogens with one attached hydrogen (secondary N) is 2. The number of rotatable bonds is 8. The van der Waals surface area contributed by atoms with Crippen LogP contribution in [0.3, 0.4) is 0 Å². The summed E-state index contributed by atoms with van der Waals surface area (Å²) in [6.45, 7) is 1.27. The largest absolute Gasteiger partial charge is 0.311 e. The molecule has 1 fully saturated rings. The van der Waals surface area contributed by atoms with Crippen LogP contribution in [0, 0.1) is 0 Å². The van der Waals surface area contributed by atoms with Crippen LogP contribution in [0.25, 0.3) is 0 Å². The van der Waals surface area contributed by atoms with Gasteiger partial charge in [0, 0.05) is 30.3 Å². The van der Waals surface area contributed by atoms with E-state index in [1.54, 1.807) is 22.4 Å². The van der Waals surface area contributed by atoms with Crippen molar-refractivity contribution < 1.29 is 14.6 Å². The van der Waals surface area contributed by atoms with Gasteiger partial charge in [0.25, 0.3) is 10.0 Å². The molecule has 1 atom stereocenters. The fourth-order valence-electron chi connectivity index (χ4n) is 3.42. The molecule has 0 bridgehead atoms. The van der Waals surface area contributed by atoms with Crippen molar-refractivity contribution in [2.45, 2.75) is 23.8 Å². The lowest BCUT2D eigenvalue weighted by atomic mass is 10.1. The molecule has 10 heteroatoms. The molecule has 1 aliphatic rings. The van der Waals surface area contributed by atoms with Gasteiger partial charge in [0.15, 0.2) is 5.13 Å². The molecule has 3 aromatic rings. The maximum Gasteiger partial charge on any atom is 0.263 e. The zero-order valence-corrected chi connectivity index (χ0v) is 18.9. The van der Waals surface area contributed by atoms with Gasteiger partial charge in [-0.3, -0.25) is 9.52 Å². The van der Waals surface area contributed by atoms with Crippen molar-refractivity contribution in [3.8, 4) is 0 Å². The number of carbonyl (C=O) groups excluding carboxylic acids is 1. The van der Waals surface area contributed by atoms with Gasteiger partial charge in [0.1, 0.15) is 0 Å². The predicted octanol–water partition coefficient (Wildman–Crippen LogP) is 3.78. The molecule has 1 saturated heterocycles. The fraction of sp³-hybridized carbons (Fsp3) is 0.238. The van der Waals surface area contributed by atoms with E-state index in [4.69, 9.17) is 11.6 Å². The average molecular weight is 479 g/mol. The van der Waals surface area contributed by atoms with Crippen molar-refractivity contribution in [1.29, 1.82) is 0 Å². The number of amides is 1. The Balaban J connectivity index is 0.00000289. The number of benzene rings is 2. The van der Waals surface area contributed by atoms with Crippen LogP contribution in [0.4, 0.5) is 10.8 Å². The van der Waals surface area contributed by atoms with Crippen LogP contribution in [-0.2, 0) is 21.2 Å². The lowest BCUT2D eigenvalue weighted by Gasteiger charge is -2.18. The number of thiazole rings is 1. The van der Waals surface area contributed by atoms with Crippen molar-refractivity contribution in [2.75, 3.05) is 22.7 Å². The van der Waals surface area contributed by atoms with E-state index in [-0.39, 0.29) is 18.3 Å². The normalized spacial score (nSPS) is 16.6. The molecule has 1 amide bonds. The third kappa shape index (κ3) is 5.24. The lowest BCUT2D eigenvalue weighted by molar-refractivity contribution is -0.118. The first-order chi connectivity index (χ1) is 14.9. The van der Waals surface area contributed by atoms with E-state index in [0.717, 1.165) is 12.0 Å². The highest BCUT2D eigenvalue weighted by atomic mass is 35.5. The Morgan fingerprint density at radius 1 is 1.16 bits per heavy atom. The Morgan fingerprint density at radius 2 is 1.90 bits per heavy atom. The molecule has 1 aliphatic heterocycles. The van der Waals surface area contributed by atoms with Gasteiger partial charge >= 0.3 is 0 Å². The first kappa shape index (κ1) is 21.8. The number of carbonyl (C=O) groups is 1. The Hall–Kier alpha value is -2.46. The zero-order valence-electron chi connectivity index (χ0n) is 16.5. The quantitative estimate of drug-likeness (QED) is 0.514. The summed E-state index contributed by atoms with van der Waals surface area (Å²) in [5.41, 5.74) is 1.84. The first-order valence-electron chi connectivity index (χ1n) is 9.74. The summed E-state index contributed by atoms with van der Waals surface area (Å²) in [4.78, 5) is 18.5. The summed E-state index contributed by atoms with van der Waals surface area (Å²) >= 11 is 7.11. The molecule has 0 saturated carbocycles. The van der Waals surface area contributed by atoms with Gasteiger partial charge in [-0.05, 0) is 61.3 Å². The highest BCUT2D eigenvalue weighted by Crippen LogP contribution is 2.25. The van der Waals surface area contributed by atoms with E-state index in [1.807, 2.05) is 24.3 Å². The van der Waals surface area contributed by atoms with Gasteiger partial charge in [-0.25, -0.2) is 13.4 Å². The molecular weight excluding hydrogens is 456 g/mol. The second-order valence-corrected chi connectivity index (χ2v) is 10.1. The second kappa shape index (κ2) is 9.35. The van der Waals surface area contributed by atoms with Gasteiger partial charge in [-0.15, -0.1) is 11.3 Å². The third-order valence-corrected chi connectivity index (χ3v) is 7.46. The number of sulfonamides is 1. The van der Waals surface area contributed by atoms with E-state index in [2.05, 4.69) is 15.0 Å². The molecule has 31 heavy (non-hydrogen) atoms. The average Bonchev–Trinajstić information content (AvgIpc) is 3.39. The highest BCUT2D eigenvalue weighted by Gasteiger charge is 2.32. The maximum absolute atomic E-state index is 12.8. The Morgan fingerprint density at radius 3 is 2.58 bits per heavy atom. The number of hydrogen-bond acceptors (Lipinski definition) is 6. The van der Waals surface area contributed by atoms with Crippen LogP contribution in [0.5, 0.6) is 0 Å². The summed E-state index contributed by atoms with van der Waals surface area (Å²) in [5, 5.41) is 6.03. The van der Waals surface area contributed by atoms with Gasteiger partial charge < -0.3 is 10.2 Å². The number of aromatic nitrogens is 1. The van der Waals surface area contributed by atoms with Crippen LogP contribution in [-0.4, -0.2) is 38.4 Å². The minimum atomic E-state index is -3.72. The van der Waals surface area contributed by atoms with Crippen molar-refractivity contribution in [1.82, 2.24) is 10.3 Å². The second-order valence-electron chi connectivity index (χ2n) is 7.10. The standard InChI is InChI=1S/C21H21ClN4O3S2.H2/c22-16-3-1-15(2-4-16)9-11-23-19-10-13-26(20(19)27)17-5-7-18(8-6-17)31(28,29)25-21-24-12-14-30-21;/h1-8,12,14,19,23H,9-11,13H2,(H,24,25);1H/t19-;/m0./s1. The van der Waals surface area contributed by atoms with Crippen molar-refractivity contribution >= 4 is 49.7 Å². The van der Waals surface area contributed by atoms with Gasteiger partial charge in [-0.1, -0.05) is 23.7 Å². The number of nitrogens with zero attached hydrogens (tertiary/aromatic N) is 2. The van der Waals surface area contributed by atoms with Crippen LogP contribution in [0.1, 0.15) is 13.4 Å². The third-order valence-electron chi connectivity index (χ3n) is 5.04. The minimum absolute atomic E-state index is 0. The van der Waals surface area contributed by atoms with Crippen LogP contribution >= 0.6 is 22.9 Å². The Bertz CT molecular complexity index is 1140. The summed E-state index contributed by atoms with van der Waals surface area (Å²) in [6, 6.07) is 13.7. The molecule has 1 aromatic heterocycles.